The largest absolute Gasteiger partial charge is 0.486 e. The highest BCUT2D eigenvalue weighted by molar-refractivity contribution is 5.98. The molecule has 0 unspecified atom stereocenters. The van der Waals surface area contributed by atoms with Gasteiger partial charge < -0.3 is 19.4 Å². The minimum Gasteiger partial charge on any atom is -0.486 e. The fraction of sp³-hybridized carbons (Fsp3) is 0.185. The Labute approximate surface area is 192 Å². The van der Waals surface area contributed by atoms with Gasteiger partial charge in [-0.25, -0.2) is 0 Å². The van der Waals surface area contributed by atoms with Crippen molar-refractivity contribution in [1.82, 2.24) is 4.90 Å². The molecule has 33 heavy (non-hydrogen) atoms. The van der Waals surface area contributed by atoms with Crippen molar-refractivity contribution in [2.45, 2.75) is 20.0 Å². The Hall–Kier alpha value is -4.06. The van der Waals surface area contributed by atoms with Crippen molar-refractivity contribution in [2.24, 2.45) is 0 Å². The second-order valence-electron chi connectivity index (χ2n) is 7.78. The number of aryl methyl sites for hydroxylation is 1. The highest BCUT2D eigenvalue weighted by Gasteiger charge is 2.19. The van der Waals surface area contributed by atoms with E-state index < -0.39 is 0 Å². The molecule has 0 fully saturated rings. The predicted octanol–water partition coefficient (Wildman–Crippen LogP) is 5.28. The van der Waals surface area contributed by atoms with E-state index >= 15 is 0 Å². The highest BCUT2D eigenvalue weighted by Crippen LogP contribution is 2.22. The van der Waals surface area contributed by atoms with Gasteiger partial charge in [0.15, 0.2) is 5.76 Å². The first-order valence-electron chi connectivity index (χ1n) is 10.9. The first-order chi connectivity index (χ1) is 16.0. The van der Waals surface area contributed by atoms with Crippen LogP contribution in [0.15, 0.2) is 83.3 Å². The Morgan fingerprint density at radius 1 is 0.939 bits per heavy atom. The molecule has 0 aliphatic rings. The number of anilines is 1. The van der Waals surface area contributed by atoms with Gasteiger partial charge in [-0.1, -0.05) is 55.5 Å². The monoisotopic (exact) mass is 442 g/mol. The summed E-state index contributed by atoms with van der Waals surface area (Å²) in [6, 6.07) is 24.8. The lowest BCUT2D eigenvalue weighted by molar-refractivity contribution is -0.116. The number of nitrogens with zero attached hydrogens (tertiary/aromatic N) is 1. The molecule has 0 radical (unpaired) electrons. The fourth-order valence-electron chi connectivity index (χ4n) is 3.60. The van der Waals surface area contributed by atoms with Crippen LogP contribution in [-0.4, -0.2) is 30.3 Å². The van der Waals surface area contributed by atoms with Crippen molar-refractivity contribution >= 4 is 28.3 Å². The van der Waals surface area contributed by atoms with E-state index in [0.717, 1.165) is 34.2 Å². The maximum absolute atomic E-state index is 12.7. The molecule has 4 rings (SSSR count). The number of hydrogen-bond donors (Lipinski definition) is 1. The lowest BCUT2D eigenvalue weighted by Crippen LogP contribution is -2.34. The average molecular weight is 443 g/mol. The smallest absolute Gasteiger partial charge is 0.289 e. The third-order valence-electron chi connectivity index (χ3n) is 5.37. The number of amides is 2. The van der Waals surface area contributed by atoms with E-state index in [1.54, 1.807) is 19.2 Å². The highest BCUT2D eigenvalue weighted by atomic mass is 16.5. The van der Waals surface area contributed by atoms with Gasteiger partial charge in [0.1, 0.15) is 18.1 Å². The van der Waals surface area contributed by atoms with Crippen LogP contribution in [0.3, 0.4) is 0 Å². The zero-order chi connectivity index (χ0) is 23.2. The molecule has 1 aromatic heterocycles. The van der Waals surface area contributed by atoms with Gasteiger partial charge in [-0.15, -0.1) is 0 Å². The van der Waals surface area contributed by atoms with Crippen molar-refractivity contribution in [3.63, 3.8) is 0 Å². The zero-order valence-electron chi connectivity index (χ0n) is 18.7. The van der Waals surface area contributed by atoms with Crippen molar-refractivity contribution in [3.05, 3.63) is 95.9 Å². The quantitative estimate of drug-likeness (QED) is 0.403. The summed E-state index contributed by atoms with van der Waals surface area (Å²) in [6.07, 6.45) is 0.807. The number of nitrogens with one attached hydrogen (secondary N) is 1. The van der Waals surface area contributed by atoms with Crippen molar-refractivity contribution in [2.75, 3.05) is 18.9 Å². The summed E-state index contributed by atoms with van der Waals surface area (Å²) >= 11 is 0. The molecule has 3 aromatic carbocycles. The summed E-state index contributed by atoms with van der Waals surface area (Å²) in [5.41, 5.74) is 1.80. The molecule has 6 heteroatoms. The summed E-state index contributed by atoms with van der Waals surface area (Å²) in [5.74, 6) is 0.778. The van der Waals surface area contributed by atoms with Gasteiger partial charge in [0.25, 0.3) is 5.91 Å². The molecule has 0 bridgehead atoms. The van der Waals surface area contributed by atoms with Gasteiger partial charge in [0.2, 0.25) is 5.91 Å². The SMILES string of the molecule is CCc1ccccc1NC(=O)CN(C)C(=O)c1ccc(COc2ccc3ccccc3c2)o1. The molecule has 0 saturated carbocycles. The number of hydrogen-bond acceptors (Lipinski definition) is 4. The number of ether oxygens (including phenoxy) is 1. The summed E-state index contributed by atoms with van der Waals surface area (Å²) in [5, 5.41) is 5.10. The van der Waals surface area contributed by atoms with Gasteiger partial charge in [-0.3, -0.25) is 9.59 Å². The van der Waals surface area contributed by atoms with E-state index in [4.69, 9.17) is 9.15 Å². The molecule has 2 amide bonds. The number of carbonyl (C=O) groups excluding carboxylic acids is 2. The van der Waals surface area contributed by atoms with Crippen molar-refractivity contribution in [1.29, 1.82) is 0 Å². The molecule has 0 aliphatic carbocycles. The van der Waals surface area contributed by atoms with E-state index in [9.17, 15) is 9.59 Å². The van der Waals surface area contributed by atoms with Gasteiger partial charge in [0.05, 0.1) is 6.54 Å². The Kier molecular flexibility index (Phi) is 6.74. The lowest BCUT2D eigenvalue weighted by Gasteiger charge is -2.16. The van der Waals surface area contributed by atoms with E-state index in [2.05, 4.69) is 5.32 Å². The minimum atomic E-state index is -0.370. The normalized spacial score (nSPS) is 10.7. The van der Waals surface area contributed by atoms with Gasteiger partial charge >= 0.3 is 0 Å². The second-order valence-corrected chi connectivity index (χ2v) is 7.78. The molecule has 0 spiro atoms. The minimum absolute atomic E-state index is 0.0828. The van der Waals surface area contributed by atoms with Gasteiger partial charge in [0, 0.05) is 12.7 Å². The number of benzene rings is 3. The molecule has 1 heterocycles. The van der Waals surface area contributed by atoms with E-state index in [-0.39, 0.29) is 30.7 Å². The predicted molar refractivity (Wildman–Crippen MR) is 128 cm³/mol. The number of carbonyl (C=O) groups is 2. The number of para-hydroxylation sites is 1. The molecular formula is C27H26N2O4. The molecule has 0 aliphatic heterocycles. The maximum Gasteiger partial charge on any atom is 0.289 e. The Bertz CT molecular complexity index is 1280. The van der Waals surface area contributed by atoms with Crippen LogP contribution < -0.4 is 10.1 Å². The lowest BCUT2D eigenvalue weighted by atomic mass is 10.1. The van der Waals surface area contributed by atoms with Crippen molar-refractivity contribution < 1.29 is 18.7 Å². The number of furan rings is 1. The third-order valence-corrected chi connectivity index (χ3v) is 5.37. The van der Waals surface area contributed by atoms with Gasteiger partial charge in [-0.05, 0) is 53.1 Å². The molecule has 0 saturated heterocycles. The Morgan fingerprint density at radius 2 is 1.70 bits per heavy atom. The van der Waals surface area contributed by atoms with Crippen LogP contribution in [0.1, 0.15) is 28.8 Å². The topological polar surface area (TPSA) is 71.8 Å². The second kappa shape index (κ2) is 10.0. The van der Waals surface area contributed by atoms with Crippen LogP contribution in [0.2, 0.25) is 0 Å². The van der Waals surface area contributed by atoms with Crippen LogP contribution in [-0.2, 0) is 17.8 Å². The molecule has 168 valence electrons. The summed E-state index contributed by atoms with van der Waals surface area (Å²) in [7, 11) is 1.57. The first-order valence-corrected chi connectivity index (χ1v) is 10.9. The molecule has 6 nitrogen and oxygen atoms in total. The van der Waals surface area contributed by atoms with E-state index in [0.29, 0.717) is 5.76 Å². The molecule has 0 atom stereocenters. The number of likely N-dealkylation sites (N-methyl/N-ethyl adjacent to an activating group) is 1. The van der Waals surface area contributed by atoms with Gasteiger partial charge in [-0.2, -0.15) is 0 Å². The zero-order valence-corrected chi connectivity index (χ0v) is 18.7. The molecular weight excluding hydrogens is 416 g/mol. The van der Waals surface area contributed by atoms with Crippen LogP contribution >= 0.6 is 0 Å². The summed E-state index contributed by atoms with van der Waals surface area (Å²) in [4.78, 5) is 26.5. The fourth-order valence-corrected chi connectivity index (χ4v) is 3.60. The Balaban J connectivity index is 1.33. The molecule has 1 N–H and O–H groups in total. The molecule has 4 aromatic rings. The number of rotatable bonds is 8. The summed E-state index contributed by atoms with van der Waals surface area (Å²) < 4.78 is 11.5. The summed E-state index contributed by atoms with van der Waals surface area (Å²) in [6.45, 7) is 2.14. The van der Waals surface area contributed by atoms with E-state index in [1.165, 1.54) is 4.90 Å². The van der Waals surface area contributed by atoms with E-state index in [1.807, 2.05) is 73.7 Å². The average Bonchev–Trinajstić information content (AvgIpc) is 3.31. The Morgan fingerprint density at radius 3 is 2.52 bits per heavy atom. The third kappa shape index (κ3) is 5.41. The van der Waals surface area contributed by atoms with Crippen LogP contribution in [0.25, 0.3) is 10.8 Å². The number of fused-ring (bicyclic) bond motifs is 1. The van der Waals surface area contributed by atoms with Crippen LogP contribution in [0.4, 0.5) is 5.69 Å². The first kappa shape index (κ1) is 22.1. The van der Waals surface area contributed by atoms with Crippen molar-refractivity contribution in [3.8, 4) is 5.75 Å². The standard InChI is InChI=1S/C27H26N2O4/c1-3-19-8-6-7-11-24(19)28-26(30)17-29(2)27(31)25-15-14-23(33-25)18-32-22-13-12-20-9-4-5-10-21(20)16-22/h4-16H,3,17-18H2,1-2H3,(H,28,30). The maximum atomic E-state index is 12.7. The van der Waals surface area contributed by atoms with Crippen LogP contribution in [0, 0.1) is 0 Å². The van der Waals surface area contributed by atoms with Crippen LogP contribution in [0.5, 0.6) is 5.75 Å².